The highest BCUT2D eigenvalue weighted by atomic mass is 35.5. The van der Waals surface area contributed by atoms with E-state index >= 15 is 0 Å². The molecule has 0 aromatic heterocycles. The lowest BCUT2D eigenvalue weighted by Gasteiger charge is -1.85. The van der Waals surface area contributed by atoms with Crippen molar-refractivity contribution in [2.75, 3.05) is 0 Å². The van der Waals surface area contributed by atoms with Crippen molar-refractivity contribution in [1.29, 1.82) is 0 Å². The summed E-state index contributed by atoms with van der Waals surface area (Å²) >= 11 is 5.59. The first-order chi connectivity index (χ1) is 3.77. The number of halogens is 1. The van der Waals surface area contributed by atoms with Crippen molar-refractivity contribution in [3.05, 3.63) is 24.3 Å². The van der Waals surface area contributed by atoms with Crippen molar-refractivity contribution in [3.8, 4) is 0 Å². The van der Waals surface area contributed by atoms with Crippen LogP contribution >= 0.6 is 11.6 Å². The molecule has 0 rings (SSSR count). The number of hydrogen-bond acceptors (Lipinski definition) is 0. The van der Waals surface area contributed by atoms with Crippen LogP contribution in [0.1, 0.15) is 13.8 Å². The molecule has 0 radical (unpaired) electrons. The molecule has 0 saturated heterocycles. The molecule has 0 aromatic rings. The van der Waals surface area contributed by atoms with Gasteiger partial charge in [-0.25, -0.2) is 0 Å². The molecule has 8 heavy (non-hydrogen) atoms. The Labute approximate surface area is 55.9 Å². The van der Waals surface area contributed by atoms with Crippen molar-refractivity contribution in [3.63, 3.8) is 0 Å². The first kappa shape index (κ1) is 7.77. The molecule has 1 unspecified atom stereocenters. The second-order valence-corrected chi connectivity index (χ2v) is 2.28. The SMILES string of the molecule is C/C=C\C=C/C(C)Cl. The molecule has 46 valence electrons. The molecule has 1 atom stereocenters. The largest absolute Gasteiger partial charge is 0.119 e. The van der Waals surface area contributed by atoms with Crippen LogP contribution < -0.4 is 0 Å². The summed E-state index contributed by atoms with van der Waals surface area (Å²) in [6.07, 6.45) is 7.80. The van der Waals surface area contributed by atoms with E-state index in [0.29, 0.717) is 0 Å². The molecule has 0 N–H and O–H groups in total. The minimum Gasteiger partial charge on any atom is -0.119 e. The Kier molecular flexibility index (Phi) is 4.78. The summed E-state index contributed by atoms with van der Waals surface area (Å²) in [7, 11) is 0. The van der Waals surface area contributed by atoms with Gasteiger partial charge >= 0.3 is 0 Å². The van der Waals surface area contributed by atoms with Crippen LogP contribution in [0.15, 0.2) is 24.3 Å². The Morgan fingerprint density at radius 2 is 2.00 bits per heavy atom. The number of alkyl halides is 1. The fraction of sp³-hybridized carbons (Fsp3) is 0.429. The molecular formula is C7H11Cl. The van der Waals surface area contributed by atoms with E-state index in [9.17, 15) is 0 Å². The van der Waals surface area contributed by atoms with Crippen molar-refractivity contribution >= 4 is 11.6 Å². The lowest BCUT2D eigenvalue weighted by molar-refractivity contribution is 1.23. The first-order valence-corrected chi connectivity index (χ1v) is 3.14. The van der Waals surface area contributed by atoms with Crippen molar-refractivity contribution < 1.29 is 0 Å². The van der Waals surface area contributed by atoms with Crippen LogP contribution in [-0.2, 0) is 0 Å². The van der Waals surface area contributed by atoms with Gasteiger partial charge in [0.05, 0.1) is 0 Å². The Balaban J connectivity index is 3.34. The molecule has 0 spiro atoms. The second kappa shape index (κ2) is 4.92. The normalized spacial score (nSPS) is 15.9. The third-order valence-corrected chi connectivity index (χ3v) is 0.825. The van der Waals surface area contributed by atoms with Crippen LogP contribution in [0.4, 0.5) is 0 Å². The minimum absolute atomic E-state index is 0.145. The molecular weight excluding hydrogens is 120 g/mol. The third-order valence-electron chi connectivity index (χ3n) is 0.680. The number of allylic oxidation sites excluding steroid dienone is 4. The maximum absolute atomic E-state index is 5.59. The van der Waals surface area contributed by atoms with Gasteiger partial charge in [-0.05, 0) is 13.8 Å². The molecule has 0 amide bonds. The summed E-state index contributed by atoms with van der Waals surface area (Å²) in [4.78, 5) is 0. The Bertz CT molecular complexity index is 90.6. The summed E-state index contributed by atoms with van der Waals surface area (Å²) in [6, 6.07) is 0. The molecule has 0 bridgehead atoms. The monoisotopic (exact) mass is 130 g/mol. The predicted octanol–water partition coefficient (Wildman–Crippen LogP) is 2.75. The number of rotatable bonds is 2. The van der Waals surface area contributed by atoms with Crippen LogP contribution in [0.3, 0.4) is 0 Å². The fourth-order valence-electron chi connectivity index (χ4n) is 0.328. The van der Waals surface area contributed by atoms with Gasteiger partial charge in [0, 0.05) is 5.38 Å². The molecule has 0 aliphatic heterocycles. The van der Waals surface area contributed by atoms with Crippen molar-refractivity contribution in [1.82, 2.24) is 0 Å². The average molecular weight is 131 g/mol. The smallest absolute Gasteiger partial charge is 0.0490 e. The van der Waals surface area contributed by atoms with E-state index in [1.165, 1.54) is 0 Å². The highest BCUT2D eigenvalue weighted by Crippen LogP contribution is 1.93. The van der Waals surface area contributed by atoms with Gasteiger partial charge in [-0.15, -0.1) is 11.6 Å². The molecule has 0 fully saturated rings. The summed E-state index contributed by atoms with van der Waals surface area (Å²) in [6.45, 7) is 3.91. The topological polar surface area (TPSA) is 0 Å². The zero-order chi connectivity index (χ0) is 6.41. The van der Waals surface area contributed by atoms with Crippen molar-refractivity contribution in [2.24, 2.45) is 0 Å². The van der Waals surface area contributed by atoms with Gasteiger partial charge < -0.3 is 0 Å². The Hall–Kier alpha value is -0.230. The average Bonchev–Trinajstić information content (AvgIpc) is 1.66. The van der Waals surface area contributed by atoms with Gasteiger partial charge in [-0.1, -0.05) is 24.3 Å². The summed E-state index contributed by atoms with van der Waals surface area (Å²) in [5, 5.41) is 0.145. The molecule has 0 heterocycles. The third kappa shape index (κ3) is 5.77. The zero-order valence-electron chi connectivity index (χ0n) is 5.26. The predicted molar refractivity (Wildman–Crippen MR) is 39.3 cm³/mol. The van der Waals surface area contributed by atoms with Gasteiger partial charge in [0.1, 0.15) is 0 Å². The van der Waals surface area contributed by atoms with E-state index in [-0.39, 0.29) is 5.38 Å². The summed E-state index contributed by atoms with van der Waals surface area (Å²) in [5.74, 6) is 0. The molecule has 0 aliphatic carbocycles. The molecule has 0 aliphatic rings. The Morgan fingerprint density at radius 1 is 1.38 bits per heavy atom. The van der Waals surface area contributed by atoms with E-state index in [0.717, 1.165) is 0 Å². The maximum atomic E-state index is 5.59. The van der Waals surface area contributed by atoms with Gasteiger partial charge in [0.15, 0.2) is 0 Å². The maximum Gasteiger partial charge on any atom is 0.0490 e. The lowest BCUT2D eigenvalue weighted by atomic mass is 10.4. The molecule has 0 nitrogen and oxygen atoms in total. The second-order valence-electron chi connectivity index (χ2n) is 1.59. The van der Waals surface area contributed by atoms with E-state index in [2.05, 4.69) is 0 Å². The zero-order valence-corrected chi connectivity index (χ0v) is 6.02. The van der Waals surface area contributed by atoms with Crippen LogP contribution in [0, 0.1) is 0 Å². The Morgan fingerprint density at radius 3 is 2.38 bits per heavy atom. The van der Waals surface area contributed by atoms with Gasteiger partial charge in [-0.3, -0.25) is 0 Å². The summed E-state index contributed by atoms with van der Waals surface area (Å²) in [5.41, 5.74) is 0. The van der Waals surface area contributed by atoms with E-state index in [4.69, 9.17) is 11.6 Å². The van der Waals surface area contributed by atoms with Crippen LogP contribution in [-0.4, -0.2) is 5.38 Å². The van der Waals surface area contributed by atoms with Crippen LogP contribution in [0.25, 0.3) is 0 Å². The highest BCUT2D eigenvalue weighted by molar-refractivity contribution is 6.21. The fourth-order valence-corrected chi connectivity index (χ4v) is 0.412. The quantitative estimate of drug-likeness (QED) is 0.398. The van der Waals surface area contributed by atoms with Crippen molar-refractivity contribution in [2.45, 2.75) is 19.2 Å². The standard InChI is InChI=1S/C7H11Cl/c1-3-4-5-6-7(2)8/h3-7H,1-2H3/b4-3-,6-5-. The van der Waals surface area contributed by atoms with E-state index < -0.39 is 0 Å². The first-order valence-electron chi connectivity index (χ1n) is 2.71. The van der Waals surface area contributed by atoms with E-state index in [1.807, 2.05) is 38.2 Å². The van der Waals surface area contributed by atoms with Gasteiger partial charge in [-0.2, -0.15) is 0 Å². The highest BCUT2D eigenvalue weighted by Gasteiger charge is 1.80. The molecule has 1 heteroatoms. The van der Waals surface area contributed by atoms with Crippen LogP contribution in [0.2, 0.25) is 0 Å². The van der Waals surface area contributed by atoms with E-state index in [1.54, 1.807) is 0 Å². The lowest BCUT2D eigenvalue weighted by Crippen LogP contribution is -1.78. The number of hydrogen-bond donors (Lipinski definition) is 0. The summed E-state index contributed by atoms with van der Waals surface area (Å²) < 4.78 is 0. The molecule has 0 saturated carbocycles. The minimum atomic E-state index is 0.145. The van der Waals surface area contributed by atoms with Crippen LogP contribution in [0.5, 0.6) is 0 Å². The van der Waals surface area contributed by atoms with Gasteiger partial charge in [0.25, 0.3) is 0 Å². The molecule has 0 aromatic carbocycles. The van der Waals surface area contributed by atoms with Gasteiger partial charge in [0.2, 0.25) is 0 Å².